The molecule has 17 heavy (non-hydrogen) atoms. The molecule has 0 amide bonds. The topological polar surface area (TPSA) is 30.5 Å². The average Bonchev–Trinajstić information content (AvgIpc) is 2.80. The minimum Gasteiger partial charge on any atom is -0.494 e. The van der Waals surface area contributed by atoms with Crippen LogP contribution in [0.1, 0.15) is 12.8 Å². The van der Waals surface area contributed by atoms with Crippen LogP contribution < -0.4 is 10.1 Å². The Balaban J connectivity index is 1.80. The van der Waals surface area contributed by atoms with Crippen molar-refractivity contribution in [2.45, 2.75) is 12.8 Å². The van der Waals surface area contributed by atoms with Crippen molar-refractivity contribution in [1.29, 1.82) is 0 Å². The molecular formula is C14H21NO2. The highest BCUT2D eigenvalue weighted by Gasteiger charge is 2.33. The molecule has 1 N–H and O–H groups in total. The summed E-state index contributed by atoms with van der Waals surface area (Å²) in [7, 11) is 2.00. The number of para-hydroxylation sites is 1. The molecule has 0 radical (unpaired) electrons. The second-order valence-electron chi connectivity index (χ2n) is 4.74. The van der Waals surface area contributed by atoms with Crippen LogP contribution in [0.5, 0.6) is 5.75 Å². The lowest BCUT2D eigenvalue weighted by Crippen LogP contribution is -2.34. The van der Waals surface area contributed by atoms with Crippen molar-refractivity contribution in [2.24, 2.45) is 5.41 Å². The maximum atomic E-state index is 5.76. The van der Waals surface area contributed by atoms with Gasteiger partial charge >= 0.3 is 0 Å². The zero-order chi connectivity index (χ0) is 12.0. The van der Waals surface area contributed by atoms with Gasteiger partial charge in [0.25, 0.3) is 0 Å². The van der Waals surface area contributed by atoms with Gasteiger partial charge in [0, 0.05) is 18.6 Å². The van der Waals surface area contributed by atoms with Crippen LogP contribution in [-0.4, -0.2) is 33.4 Å². The van der Waals surface area contributed by atoms with Crippen molar-refractivity contribution in [1.82, 2.24) is 5.32 Å². The van der Waals surface area contributed by atoms with Crippen LogP contribution in [0.25, 0.3) is 0 Å². The maximum Gasteiger partial charge on any atom is 0.119 e. The van der Waals surface area contributed by atoms with Crippen LogP contribution in [0, 0.1) is 5.41 Å². The SMILES string of the molecule is CNCC1(CCOc2ccccc2)CCOC1. The molecule has 1 unspecified atom stereocenters. The average molecular weight is 235 g/mol. The first-order valence-corrected chi connectivity index (χ1v) is 6.25. The van der Waals surface area contributed by atoms with Gasteiger partial charge in [0.1, 0.15) is 5.75 Å². The third-order valence-electron chi connectivity index (χ3n) is 3.38. The van der Waals surface area contributed by atoms with E-state index in [-0.39, 0.29) is 5.41 Å². The third-order valence-corrected chi connectivity index (χ3v) is 3.38. The fraction of sp³-hybridized carbons (Fsp3) is 0.571. The molecule has 0 aromatic heterocycles. The summed E-state index contributed by atoms with van der Waals surface area (Å²) in [5.74, 6) is 0.950. The Bertz CT molecular complexity index is 320. The predicted octanol–water partition coefficient (Wildman–Crippen LogP) is 2.08. The monoisotopic (exact) mass is 235 g/mol. The van der Waals surface area contributed by atoms with E-state index in [2.05, 4.69) is 5.32 Å². The third kappa shape index (κ3) is 3.45. The van der Waals surface area contributed by atoms with Crippen LogP contribution in [0.15, 0.2) is 30.3 Å². The summed E-state index contributed by atoms with van der Waals surface area (Å²) in [6.07, 6.45) is 2.18. The van der Waals surface area contributed by atoms with Crippen LogP contribution in [0.2, 0.25) is 0 Å². The maximum absolute atomic E-state index is 5.76. The molecule has 2 rings (SSSR count). The second kappa shape index (κ2) is 6.03. The van der Waals surface area contributed by atoms with Gasteiger partial charge in [-0.2, -0.15) is 0 Å². The van der Waals surface area contributed by atoms with E-state index in [1.807, 2.05) is 37.4 Å². The van der Waals surface area contributed by atoms with Crippen molar-refractivity contribution >= 4 is 0 Å². The molecule has 1 aromatic carbocycles. The van der Waals surface area contributed by atoms with Crippen molar-refractivity contribution in [3.8, 4) is 5.75 Å². The van der Waals surface area contributed by atoms with Crippen molar-refractivity contribution < 1.29 is 9.47 Å². The predicted molar refractivity (Wildman–Crippen MR) is 68.3 cm³/mol. The van der Waals surface area contributed by atoms with Crippen LogP contribution >= 0.6 is 0 Å². The summed E-state index contributed by atoms with van der Waals surface area (Å²) >= 11 is 0. The first-order chi connectivity index (χ1) is 8.35. The van der Waals surface area contributed by atoms with Gasteiger partial charge in [-0.15, -0.1) is 0 Å². The quantitative estimate of drug-likeness (QED) is 0.819. The lowest BCUT2D eigenvalue weighted by atomic mass is 9.84. The number of benzene rings is 1. The molecule has 0 aliphatic carbocycles. The van der Waals surface area contributed by atoms with E-state index < -0.39 is 0 Å². The van der Waals surface area contributed by atoms with E-state index in [0.717, 1.165) is 45.0 Å². The summed E-state index contributed by atoms with van der Waals surface area (Å²) in [4.78, 5) is 0. The van der Waals surface area contributed by atoms with E-state index >= 15 is 0 Å². The number of nitrogens with one attached hydrogen (secondary N) is 1. The van der Waals surface area contributed by atoms with Crippen LogP contribution in [0.3, 0.4) is 0 Å². The Kier molecular flexibility index (Phi) is 4.40. The Labute approximate surface area is 103 Å². The summed E-state index contributed by atoms with van der Waals surface area (Å²) in [5, 5.41) is 3.26. The van der Waals surface area contributed by atoms with Crippen molar-refractivity contribution in [3.05, 3.63) is 30.3 Å². The van der Waals surface area contributed by atoms with Crippen molar-refractivity contribution in [3.63, 3.8) is 0 Å². The molecule has 1 saturated heterocycles. The highest BCUT2D eigenvalue weighted by atomic mass is 16.5. The van der Waals surface area contributed by atoms with Gasteiger partial charge in [0.2, 0.25) is 0 Å². The minimum atomic E-state index is 0.267. The standard InChI is InChI=1S/C14H21NO2/c1-15-11-14(7-9-16-12-14)8-10-17-13-5-3-2-4-6-13/h2-6,15H,7-12H2,1H3. The zero-order valence-electron chi connectivity index (χ0n) is 10.4. The number of hydrogen-bond donors (Lipinski definition) is 1. The normalized spacial score (nSPS) is 23.8. The van der Waals surface area contributed by atoms with Gasteiger partial charge in [-0.05, 0) is 32.0 Å². The molecule has 3 nitrogen and oxygen atoms in total. The number of rotatable bonds is 6. The largest absolute Gasteiger partial charge is 0.494 e. The number of ether oxygens (including phenoxy) is 2. The Hall–Kier alpha value is -1.06. The van der Waals surface area contributed by atoms with E-state index in [1.165, 1.54) is 0 Å². The van der Waals surface area contributed by atoms with E-state index in [9.17, 15) is 0 Å². The van der Waals surface area contributed by atoms with Gasteiger partial charge in [-0.3, -0.25) is 0 Å². The molecule has 1 fully saturated rings. The van der Waals surface area contributed by atoms with Gasteiger partial charge < -0.3 is 14.8 Å². The molecule has 0 bridgehead atoms. The van der Waals surface area contributed by atoms with Crippen LogP contribution in [-0.2, 0) is 4.74 Å². The highest BCUT2D eigenvalue weighted by Crippen LogP contribution is 2.31. The zero-order valence-corrected chi connectivity index (χ0v) is 10.4. The summed E-state index contributed by atoms with van der Waals surface area (Å²) in [6, 6.07) is 9.99. The lowest BCUT2D eigenvalue weighted by molar-refractivity contribution is 0.130. The summed E-state index contributed by atoms with van der Waals surface area (Å²) < 4.78 is 11.3. The number of hydrogen-bond acceptors (Lipinski definition) is 3. The van der Waals surface area contributed by atoms with Crippen molar-refractivity contribution in [2.75, 3.05) is 33.4 Å². The smallest absolute Gasteiger partial charge is 0.119 e. The van der Waals surface area contributed by atoms with Gasteiger partial charge in [-0.25, -0.2) is 0 Å². The Morgan fingerprint density at radius 1 is 1.35 bits per heavy atom. The Morgan fingerprint density at radius 3 is 2.82 bits per heavy atom. The molecule has 0 saturated carbocycles. The van der Waals surface area contributed by atoms with Gasteiger partial charge in [-0.1, -0.05) is 18.2 Å². The van der Waals surface area contributed by atoms with Gasteiger partial charge in [0.15, 0.2) is 0 Å². The summed E-state index contributed by atoms with van der Waals surface area (Å²) in [5.41, 5.74) is 0.267. The molecule has 1 aliphatic heterocycles. The minimum absolute atomic E-state index is 0.267. The fourth-order valence-corrected chi connectivity index (χ4v) is 2.35. The Morgan fingerprint density at radius 2 is 2.18 bits per heavy atom. The molecule has 1 aliphatic rings. The molecule has 3 heteroatoms. The molecule has 1 heterocycles. The molecular weight excluding hydrogens is 214 g/mol. The lowest BCUT2D eigenvalue weighted by Gasteiger charge is -2.26. The van der Waals surface area contributed by atoms with E-state index in [4.69, 9.17) is 9.47 Å². The molecule has 94 valence electrons. The second-order valence-corrected chi connectivity index (χ2v) is 4.74. The summed E-state index contributed by atoms with van der Waals surface area (Å²) in [6.45, 7) is 3.50. The molecule has 1 aromatic rings. The van der Waals surface area contributed by atoms with Gasteiger partial charge in [0.05, 0.1) is 13.2 Å². The van der Waals surface area contributed by atoms with E-state index in [1.54, 1.807) is 0 Å². The molecule has 1 atom stereocenters. The first kappa shape index (κ1) is 12.4. The highest BCUT2D eigenvalue weighted by molar-refractivity contribution is 5.20. The first-order valence-electron chi connectivity index (χ1n) is 6.25. The molecule has 0 spiro atoms. The van der Waals surface area contributed by atoms with Crippen LogP contribution in [0.4, 0.5) is 0 Å². The fourth-order valence-electron chi connectivity index (χ4n) is 2.35. The van der Waals surface area contributed by atoms with E-state index in [0.29, 0.717) is 0 Å².